The van der Waals surface area contributed by atoms with Crippen LogP contribution in [0.1, 0.15) is 43.1 Å². The number of nitrogens with zero attached hydrogens (tertiary/aromatic N) is 4. The van der Waals surface area contributed by atoms with E-state index >= 15 is 0 Å². The molecular weight excluding hydrogens is 260 g/mol. The van der Waals surface area contributed by atoms with E-state index in [0.29, 0.717) is 5.92 Å². The molecule has 5 rings (SSSR count). The molecular formula is C17H26N4. The molecule has 0 radical (unpaired) electrons. The number of likely N-dealkylation sites (tertiary alicyclic amines) is 1. The van der Waals surface area contributed by atoms with Crippen molar-refractivity contribution in [3.63, 3.8) is 0 Å². The molecule has 21 heavy (non-hydrogen) atoms. The number of aryl methyl sites for hydroxylation is 1. The van der Waals surface area contributed by atoms with Gasteiger partial charge in [-0.1, -0.05) is 0 Å². The first-order valence-corrected chi connectivity index (χ1v) is 8.55. The van der Waals surface area contributed by atoms with Gasteiger partial charge in [-0.15, -0.1) is 0 Å². The van der Waals surface area contributed by atoms with Gasteiger partial charge < -0.3 is 4.90 Å². The standard InChI is InChI=1S/C17H26N4/c1-13-18-7-2-16(19-13)14-5-10-21(11-6-14)17-12-20-8-3-15(17)4-9-20/h2,7,14-15,17H,3-6,8-12H2,1H3. The number of hydrogen-bond donors (Lipinski definition) is 0. The minimum atomic E-state index is 0.643. The van der Waals surface area contributed by atoms with Crippen molar-refractivity contribution in [1.29, 1.82) is 0 Å². The summed E-state index contributed by atoms with van der Waals surface area (Å²) in [5, 5.41) is 0. The summed E-state index contributed by atoms with van der Waals surface area (Å²) in [6.07, 6.45) is 7.29. The summed E-state index contributed by atoms with van der Waals surface area (Å²) in [5.74, 6) is 2.52. The molecule has 114 valence electrons. The topological polar surface area (TPSA) is 32.3 Å². The van der Waals surface area contributed by atoms with E-state index in [1.54, 1.807) is 0 Å². The number of rotatable bonds is 2. The Labute approximate surface area is 127 Å². The summed E-state index contributed by atoms with van der Waals surface area (Å²) in [4.78, 5) is 14.3. The fraction of sp³-hybridized carbons (Fsp3) is 0.765. The SMILES string of the molecule is Cc1nccc(C2CCN(C3CN4CCC3CC4)CC2)n1. The van der Waals surface area contributed by atoms with E-state index in [4.69, 9.17) is 0 Å². The van der Waals surface area contributed by atoms with E-state index in [-0.39, 0.29) is 0 Å². The Hall–Kier alpha value is -1.00. The first kappa shape index (κ1) is 13.6. The quantitative estimate of drug-likeness (QED) is 0.833. The second-order valence-electron chi connectivity index (χ2n) is 7.04. The van der Waals surface area contributed by atoms with Gasteiger partial charge in [0, 0.05) is 30.4 Å². The van der Waals surface area contributed by atoms with E-state index in [1.165, 1.54) is 64.1 Å². The van der Waals surface area contributed by atoms with E-state index < -0.39 is 0 Å². The molecule has 1 atom stereocenters. The fourth-order valence-corrected chi connectivity index (χ4v) is 4.58. The van der Waals surface area contributed by atoms with Crippen molar-refractivity contribution >= 4 is 0 Å². The molecule has 5 heterocycles. The van der Waals surface area contributed by atoms with Crippen LogP contribution in [0.5, 0.6) is 0 Å². The summed E-state index contributed by atoms with van der Waals surface area (Å²) in [6.45, 7) is 8.51. The molecule has 0 aliphatic carbocycles. The van der Waals surface area contributed by atoms with E-state index in [2.05, 4.69) is 25.8 Å². The number of hydrogen-bond acceptors (Lipinski definition) is 4. The first-order chi connectivity index (χ1) is 10.3. The molecule has 0 aromatic carbocycles. The molecule has 4 nitrogen and oxygen atoms in total. The lowest BCUT2D eigenvalue weighted by Crippen LogP contribution is -2.58. The van der Waals surface area contributed by atoms with Crippen LogP contribution in [0.25, 0.3) is 0 Å². The highest BCUT2D eigenvalue weighted by Crippen LogP contribution is 2.34. The molecule has 4 fully saturated rings. The third-order valence-electron chi connectivity index (χ3n) is 5.84. The lowest BCUT2D eigenvalue weighted by atomic mass is 9.81. The van der Waals surface area contributed by atoms with Crippen LogP contribution in [0.15, 0.2) is 12.3 Å². The van der Waals surface area contributed by atoms with Crippen molar-refractivity contribution in [2.45, 2.75) is 44.6 Å². The van der Waals surface area contributed by atoms with Gasteiger partial charge in [0.25, 0.3) is 0 Å². The van der Waals surface area contributed by atoms with Crippen LogP contribution in [-0.4, -0.2) is 58.5 Å². The Morgan fingerprint density at radius 1 is 1.05 bits per heavy atom. The minimum Gasteiger partial charge on any atom is -0.302 e. The number of piperidine rings is 4. The van der Waals surface area contributed by atoms with Crippen LogP contribution in [0, 0.1) is 12.8 Å². The molecule has 0 amide bonds. The van der Waals surface area contributed by atoms with Gasteiger partial charge in [0.05, 0.1) is 0 Å². The summed E-state index contributed by atoms with van der Waals surface area (Å²) >= 11 is 0. The van der Waals surface area contributed by atoms with Crippen molar-refractivity contribution in [1.82, 2.24) is 19.8 Å². The second kappa shape index (κ2) is 5.65. The van der Waals surface area contributed by atoms with Crippen molar-refractivity contribution in [2.24, 2.45) is 5.92 Å². The molecule has 0 spiro atoms. The van der Waals surface area contributed by atoms with Crippen molar-refractivity contribution in [3.8, 4) is 0 Å². The monoisotopic (exact) mass is 286 g/mol. The summed E-state index contributed by atoms with van der Waals surface area (Å²) in [6, 6.07) is 2.95. The highest BCUT2D eigenvalue weighted by molar-refractivity contribution is 5.10. The first-order valence-electron chi connectivity index (χ1n) is 8.55. The van der Waals surface area contributed by atoms with Crippen LogP contribution in [-0.2, 0) is 0 Å². The fourth-order valence-electron chi connectivity index (χ4n) is 4.58. The average Bonchev–Trinajstić information content (AvgIpc) is 2.56. The van der Waals surface area contributed by atoms with Crippen LogP contribution in [0.3, 0.4) is 0 Å². The van der Waals surface area contributed by atoms with E-state index in [9.17, 15) is 0 Å². The van der Waals surface area contributed by atoms with Gasteiger partial charge in [-0.2, -0.15) is 0 Å². The van der Waals surface area contributed by atoms with Gasteiger partial charge in [0.2, 0.25) is 0 Å². The third kappa shape index (κ3) is 2.71. The lowest BCUT2D eigenvalue weighted by molar-refractivity contribution is -0.00478. The Morgan fingerprint density at radius 2 is 1.81 bits per heavy atom. The largest absolute Gasteiger partial charge is 0.302 e. The highest BCUT2D eigenvalue weighted by atomic mass is 15.3. The Balaban J connectivity index is 1.38. The molecule has 2 bridgehead atoms. The molecule has 0 N–H and O–H groups in total. The Kier molecular flexibility index (Phi) is 3.67. The molecule has 4 aliphatic heterocycles. The maximum absolute atomic E-state index is 4.63. The Morgan fingerprint density at radius 3 is 2.43 bits per heavy atom. The molecule has 1 unspecified atom stereocenters. The zero-order valence-corrected chi connectivity index (χ0v) is 13.0. The zero-order valence-electron chi connectivity index (χ0n) is 13.0. The van der Waals surface area contributed by atoms with Crippen molar-refractivity contribution < 1.29 is 0 Å². The normalized spacial score (nSPS) is 34.2. The van der Waals surface area contributed by atoms with Gasteiger partial charge in [0.1, 0.15) is 5.82 Å². The van der Waals surface area contributed by atoms with Gasteiger partial charge in [-0.25, -0.2) is 9.97 Å². The van der Waals surface area contributed by atoms with Crippen LogP contribution >= 0.6 is 0 Å². The molecule has 4 saturated heterocycles. The number of fused-ring (bicyclic) bond motifs is 3. The van der Waals surface area contributed by atoms with Crippen LogP contribution in [0.4, 0.5) is 0 Å². The van der Waals surface area contributed by atoms with Gasteiger partial charge >= 0.3 is 0 Å². The molecule has 4 aliphatic rings. The third-order valence-corrected chi connectivity index (χ3v) is 5.84. The molecule has 1 aromatic heterocycles. The molecule has 0 saturated carbocycles. The minimum absolute atomic E-state index is 0.643. The van der Waals surface area contributed by atoms with Crippen molar-refractivity contribution in [3.05, 3.63) is 23.8 Å². The summed E-state index contributed by atoms with van der Waals surface area (Å²) in [5.41, 5.74) is 1.26. The van der Waals surface area contributed by atoms with Gasteiger partial charge in [0.15, 0.2) is 0 Å². The maximum atomic E-state index is 4.63. The maximum Gasteiger partial charge on any atom is 0.125 e. The molecule has 1 aromatic rings. The van der Waals surface area contributed by atoms with Gasteiger partial charge in [-0.05, 0) is 70.8 Å². The van der Waals surface area contributed by atoms with Crippen molar-refractivity contribution in [2.75, 3.05) is 32.7 Å². The van der Waals surface area contributed by atoms with Gasteiger partial charge in [-0.3, -0.25) is 4.90 Å². The predicted octanol–water partition coefficient (Wildman–Crippen LogP) is 2.06. The smallest absolute Gasteiger partial charge is 0.125 e. The lowest BCUT2D eigenvalue weighted by Gasteiger charge is -2.50. The van der Waals surface area contributed by atoms with E-state index in [0.717, 1.165) is 17.8 Å². The van der Waals surface area contributed by atoms with E-state index in [1.807, 2.05) is 13.1 Å². The highest BCUT2D eigenvalue weighted by Gasteiger charge is 2.38. The predicted molar refractivity (Wildman–Crippen MR) is 83.3 cm³/mol. The van der Waals surface area contributed by atoms with Crippen LogP contribution < -0.4 is 0 Å². The average molecular weight is 286 g/mol. The summed E-state index contributed by atoms with van der Waals surface area (Å²) < 4.78 is 0. The second-order valence-corrected chi connectivity index (χ2v) is 7.04. The summed E-state index contributed by atoms with van der Waals surface area (Å²) in [7, 11) is 0. The number of aromatic nitrogens is 2. The Bertz CT molecular complexity index is 487. The van der Waals surface area contributed by atoms with Crippen LogP contribution in [0.2, 0.25) is 0 Å². The zero-order chi connectivity index (χ0) is 14.2. The molecule has 4 heteroatoms.